The Morgan fingerprint density at radius 2 is 1.30 bits per heavy atom. The first-order valence-corrected chi connectivity index (χ1v) is 19.7. The van der Waals surface area contributed by atoms with Crippen molar-refractivity contribution in [2.24, 2.45) is 23.7 Å². The lowest BCUT2D eigenvalue weighted by Crippen LogP contribution is -2.35. The number of hydrogen-bond acceptors (Lipinski definition) is 3. The molecule has 50 heavy (non-hydrogen) atoms. The van der Waals surface area contributed by atoms with E-state index in [1.807, 2.05) is 12.2 Å². The van der Waals surface area contributed by atoms with Crippen LogP contribution in [0.2, 0.25) is 0 Å². The van der Waals surface area contributed by atoms with E-state index in [-0.39, 0.29) is 22.4 Å². The summed E-state index contributed by atoms with van der Waals surface area (Å²) in [5, 5.41) is 14.0. The molecular weight excluding hydrogens is 613 g/mol. The first kappa shape index (κ1) is 37.8. The smallest absolute Gasteiger partial charge is 0.209 e. The largest absolute Gasteiger partial charge is 0.871 e. The van der Waals surface area contributed by atoms with Crippen LogP contribution in [0.1, 0.15) is 132 Å². The van der Waals surface area contributed by atoms with Crippen LogP contribution >= 0.6 is 0 Å². The van der Waals surface area contributed by atoms with Gasteiger partial charge in [0.25, 0.3) is 0 Å². The van der Waals surface area contributed by atoms with Gasteiger partial charge in [0, 0.05) is 58.6 Å². The van der Waals surface area contributed by atoms with Gasteiger partial charge >= 0.3 is 0 Å². The molecule has 2 aromatic rings. The normalized spacial score (nSPS) is 20.7. The summed E-state index contributed by atoms with van der Waals surface area (Å²) < 4.78 is 2.39. The van der Waals surface area contributed by atoms with E-state index in [4.69, 9.17) is 0 Å². The van der Waals surface area contributed by atoms with E-state index in [1.165, 1.54) is 61.0 Å². The van der Waals surface area contributed by atoms with Gasteiger partial charge in [-0.25, -0.2) is 0 Å². The van der Waals surface area contributed by atoms with Gasteiger partial charge < -0.3 is 10.0 Å². The number of carbonyl (C=O) groups excluding carboxylic acids is 1. The number of para-hydroxylation sites is 2. The van der Waals surface area contributed by atoms with E-state index in [2.05, 4.69) is 127 Å². The molecule has 5 rings (SSSR count). The van der Waals surface area contributed by atoms with Crippen LogP contribution in [0.5, 0.6) is 0 Å². The summed E-state index contributed by atoms with van der Waals surface area (Å²) in [6.45, 7) is 24.6. The summed E-state index contributed by atoms with van der Waals surface area (Å²) in [4.78, 5) is 16.4. The number of hydrogen-bond donors (Lipinski definition) is 0. The highest BCUT2D eigenvalue weighted by Gasteiger charge is 2.46. The molecule has 0 aromatic heterocycles. The number of allylic oxidation sites excluding steroid dienone is 5. The fourth-order valence-electron chi connectivity index (χ4n) is 8.39. The zero-order chi connectivity index (χ0) is 36.4. The van der Waals surface area contributed by atoms with Crippen molar-refractivity contribution in [1.29, 1.82) is 0 Å². The Bertz CT molecular complexity index is 1680. The second kappa shape index (κ2) is 15.5. The Labute approximate surface area is 304 Å². The molecule has 1 aliphatic carbocycles. The second-order valence-corrected chi connectivity index (χ2v) is 17.6. The number of anilines is 1. The van der Waals surface area contributed by atoms with Gasteiger partial charge in [-0.3, -0.25) is 4.79 Å². The summed E-state index contributed by atoms with van der Waals surface area (Å²) in [5.74, 6) is 2.45. The fraction of sp³-hybridized carbons (Fsp3) is 0.565. The second-order valence-electron chi connectivity index (χ2n) is 17.6. The molecule has 2 aromatic carbocycles. The Kier molecular flexibility index (Phi) is 11.7. The van der Waals surface area contributed by atoms with Crippen LogP contribution in [0.15, 0.2) is 83.3 Å². The van der Waals surface area contributed by atoms with Gasteiger partial charge in [-0.05, 0) is 61.6 Å². The Hall–Kier alpha value is -3.40. The van der Waals surface area contributed by atoms with E-state index < -0.39 is 0 Å². The first-order valence-electron chi connectivity index (χ1n) is 19.7. The quantitative estimate of drug-likeness (QED) is 0.131. The third-order valence-electron chi connectivity index (χ3n) is 11.8. The van der Waals surface area contributed by atoms with E-state index in [9.17, 15) is 9.90 Å². The fourth-order valence-corrected chi connectivity index (χ4v) is 8.39. The molecule has 3 aliphatic rings. The van der Waals surface area contributed by atoms with Crippen LogP contribution in [0.25, 0.3) is 0 Å². The lowest BCUT2D eigenvalue weighted by molar-refractivity contribution is -0.439. The highest BCUT2D eigenvalue weighted by Crippen LogP contribution is 2.49. The average Bonchev–Trinajstić information content (AvgIpc) is 3.41. The van der Waals surface area contributed by atoms with Crippen LogP contribution in [0.3, 0.4) is 0 Å². The molecule has 2 atom stereocenters. The van der Waals surface area contributed by atoms with Gasteiger partial charge in [0.15, 0.2) is 11.5 Å². The highest BCUT2D eigenvalue weighted by molar-refractivity contribution is 6.24. The maximum atomic E-state index is 14.0. The van der Waals surface area contributed by atoms with Crippen molar-refractivity contribution in [2.45, 2.75) is 131 Å². The molecule has 0 saturated heterocycles. The molecule has 0 saturated carbocycles. The monoisotopic (exact) mass is 676 g/mol. The summed E-state index contributed by atoms with van der Waals surface area (Å²) in [6, 6.07) is 17.2. The molecular formula is C46H64N2O2. The number of carbonyl (C=O) groups is 1. The molecule has 2 aliphatic heterocycles. The van der Waals surface area contributed by atoms with Crippen molar-refractivity contribution in [2.75, 3.05) is 18.0 Å². The third kappa shape index (κ3) is 7.75. The molecule has 2 heterocycles. The van der Waals surface area contributed by atoms with E-state index in [1.54, 1.807) is 0 Å². The number of fused-ring (bicyclic) bond motifs is 2. The van der Waals surface area contributed by atoms with Crippen molar-refractivity contribution in [1.82, 2.24) is 0 Å². The minimum atomic E-state index is -0.309. The summed E-state index contributed by atoms with van der Waals surface area (Å²) in [5.41, 5.74) is 7.04. The summed E-state index contributed by atoms with van der Waals surface area (Å²) in [7, 11) is 0. The molecule has 0 spiro atoms. The van der Waals surface area contributed by atoms with E-state index in [0.717, 1.165) is 49.2 Å². The molecule has 0 radical (unpaired) electrons. The number of Topliss-reactive ketones (excluding diaryl/α,β-unsaturated/α-hetero) is 1. The van der Waals surface area contributed by atoms with Gasteiger partial charge in [0.2, 0.25) is 5.69 Å². The van der Waals surface area contributed by atoms with Gasteiger partial charge in [0.05, 0.1) is 5.41 Å². The van der Waals surface area contributed by atoms with Gasteiger partial charge in [-0.2, -0.15) is 4.58 Å². The van der Waals surface area contributed by atoms with Crippen LogP contribution in [-0.2, 0) is 15.6 Å². The third-order valence-corrected chi connectivity index (χ3v) is 11.8. The zero-order valence-corrected chi connectivity index (χ0v) is 32.9. The minimum absolute atomic E-state index is 0.127. The lowest BCUT2D eigenvalue weighted by atomic mass is 9.77. The molecule has 0 fully saturated rings. The van der Waals surface area contributed by atoms with Gasteiger partial charge in [0.1, 0.15) is 6.54 Å². The number of benzene rings is 2. The maximum Gasteiger partial charge on any atom is 0.209 e. The Morgan fingerprint density at radius 1 is 0.720 bits per heavy atom. The standard InChI is InChI=1S/C46H64N2O2/c1-31(2)17-15-19-33(5)25-27-47-39-23-13-11-21-37(39)45(7,8)41(47)29-35-43(49)36(44(35)50)30-42-46(9,10)38-22-12-14-24-40(38)48(42)28-26-34(6)20-16-18-32(3)4/h11-14,21-24,29-34H,15-20,25-28H2,1-10H3. The van der Waals surface area contributed by atoms with E-state index >= 15 is 0 Å². The topological polar surface area (TPSA) is 46.4 Å². The van der Waals surface area contributed by atoms with Crippen molar-refractivity contribution in [3.63, 3.8) is 0 Å². The molecule has 4 heteroatoms. The predicted octanol–water partition coefficient (Wildman–Crippen LogP) is 10.6. The van der Waals surface area contributed by atoms with Crippen molar-refractivity contribution >= 4 is 22.9 Å². The molecule has 0 bridgehead atoms. The molecule has 270 valence electrons. The van der Waals surface area contributed by atoms with Crippen molar-refractivity contribution in [3.05, 3.63) is 94.4 Å². The van der Waals surface area contributed by atoms with Crippen molar-refractivity contribution in [3.8, 4) is 0 Å². The van der Waals surface area contributed by atoms with Crippen molar-refractivity contribution < 1.29 is 14.5 Å². The Morgan fingerprint density at radius 3 is 1.92 bits per heavy atom. The van der Waals surface area contributed by atoms with Crippen LogP contribution in [0, 0.1) is 23.7 Å². The lowest BCUT2D eigenvalue weighted by Gasteiger charge is -2.33. The summed E-state index contributed by atoms with van der Waals surface area (Å²) >= 11 is 0. The predicted molar refractivity (Wildman–Crippen MR) is 209 cm³/mol. The number of ketones is 1. The van der Waals surface area contributed by atoms with Gasteiger partial charge in [-0.15, -0.1) is 0 Å². The minimum Gasteiger partial charge on any atom is -0.871 e. The SMILES string of the molecule is CC(C)CCCC(C)CCN1/C(=C/C2=C([O-])C(=C\C3=[N+](CCC(C)CCCC(C)C)c4ccccc4C3(C)C)/C2=O)C(C)(C)c2ccccc21. The zero-order valence-electron chi connectivity index (χ0n) is 32.9. The van der Waals surface area contributed by atoms with Gasteiger partial charge in [-0.1, -0.05) is 136 Å². The Balaban J connectivity index is 1.44. The first-order chi connectivity index (χ1) is 23.6. The molecule has 4 nitrogen and oxygen atoms in total. The number of rotatable bonds is 16. The molecule has 2 unspecified atom stereocenters. The van der Waals surface area contributed by atoms with Crippen LogP contribution in [0.4, 0.5) is 11.4 Å². The molecule has 0 N–H and O–H groups in total. The van der Waals surface area contributed by atoms with Crippen LogP contribution < -0.4 is 10.0 Å². The average molecular weight is 677 g/mol. The molecule has 0 amide bonds. The number of nitrogens with zero attached hydrogens (tertiary/aromatic N) is 2. The van der Waals surface area contributed by atoms with E-state index in [0.29, 0.717) is 23.0 Å². The highest BCUT2D eigenvalue weighted by atomic mass is 16.3. The summed E-state index contributed by atoms with van der Waals surface area (Å²) in [6.07, 6.45) is 13.5. The van der Waals surface area contributed by atoms with Crippen LogP contribution in [-0.4, -0.2) is 29.2 Å². The maximum absolute atomic E-state index is 14.0.